The molecule has 0 fully saturated rings. The molecule has 0 aromatic heterocycles. The van der Waals surface area contributed by atoms with E-state index in [4.69, 9.17) is 5.26 Å². The van der Waals surface area contributed by atoms with Crippen molar-refractivity contribution in [3.8, 4) is 6.07 Å². The molecule has 0 aliphatic heterocycles. The first-order chi connectivity index (χ1) is 9.45. The zero-order valence-corrected chi connectivity index (χ0v) is 10.5. The van der Waals surface area contributed by atoms with Gasteiger partial charge in [0.05, 0.1) is 22.0 Å². The molecule has 0 aliphatic carbocycles. The first kappa shape index (κ1) is 15.0. The minimum Gasteiger partial charge on any atom is -0.272 e. The highest BCUT2D eigenvalue weighted by Gasteiger charge is 2.19. The molecule has 0 bridgehead atoms. The number of nitro benzene ring substituents is 2. The Morgan fingerprint density at radius 3 is 2.70 bits per heavy atom. The quantitative estimate of drug-likeness (QED) is 0.482. The molecule has 1 unspecified atom stereocenters. The molecule has 0 saturated carbocycles. The number of nitrogens with one attached hydrogen (secondary N) is 1. The Kier molecular flexibility index (Phi) is 5.11. The maximum atomic E-state index is 10.8. The van der Waals surface area contributed by atoms with Gasteiger partial charge in [-0.05, 0) is 6.07 Å². The predicted octanol–water partition coefficient (Wildman–Crippen LogP) is 2.45. The van der Waals surface area contributed by atoms with Crippen molar-refractivity contribution in [2.45, 2.75) is 13.3 Å². The van der Waals surface area contributed by atoms with Crippen LogP contribution in [0, 0.1) is 37.5 Å². The van der Waals surface area contributed by atoms with Gasteiger partial charge in [0.2, 0.25) is 0 Å². The third-order valence-electron chi connectivity index (χ3n) is 2.32. The minimum absolute atomic E-state index is 0.0426. The number of nitro groups is 2. The summed E-state index contributed by atoms with van der Waals surface area (Å²) in [5.74, 6) is -0.107. The Bertz CT molecular complexity index is 593. The lowest BCUT2D eigenvalue weighted by atomic mass is 10.1. The highest BCUT2D eigenvalue weighted by Crippen LogP contribution is 2.28. The molecule has 1 N–H and O–H groups in total. The highest BCUT2D eigenvalue weighted by molar-refractivity contribution is 5.68. The number of nitriles is 1. The Balaban J connectivity index is 2.93. The van der Waals surface area contributed by atoms with Crippen molar-refractivity contribution in [2.75, 3.05) is 5.43 Å². The highest BCUT2D eigenvalue weighted by atomic mass is 16.6. The van der Waals surface area contributed by atoms with Crippen molar-refractivity contribution in [3.63, 3.8) is 0 Å². The van der Waals surface area contributed by atoms with Crippen LogP contribution in [0.4, 0.5) is 17.1 Å². The Hall–Kier alpha value is -3.02. The summed E-state index contributed by atoms with van der Waals surface area (Å²) in [6.45, 7) is 1.76. The zero-order chi connectivity index (χ0) is 15.1. The Morgan fingerprint density at radius 2 is 2.15 bits per heavy atom. The lowest BCUT2D eigenvalue weighted by Gasteiger charge is -2.03. The zero-order valence-electron chi connectivity index (χ0n) is 10.5. The topological polar surface area (TPSA) is 134 Å². The van der Waals surface area contributed by atoms with Gasteiger partial charge in [-0.25, -0.2) is 0 Å². The normalized spacial score (nSPS) is 11.8. The summed E-state index contributed by atoms with van der Waals surface area (Å²) in [6.07, 6.45) is 1.71. The standard InChI is InChI=1S/C11H11N5O4/c1-8(4-5-12)7-13-14-10-3-2-9(15(17)18)6-11(10)16(19)20/h2-3,6-8,14H,4H2,1H3. The maximum absolute atomic E-state index is 10.8. The number of hydrazone groups is 1. The van der Waals surface area contributed by atoms with Crippen LogP contribution in [0.5, 0.6) is 0 Å². The largest absolute Gasteiger partial charge is 0.301 e. The third kappa shape index (κ3) is 4.02. The van der Waals surface area contributed by atoms with E-state index in [0.29, 0.717) is 0 Å². The van der Waals surface area contributed by atoms with E-state index in [9.17, 15) is 20.2 Å². The molecule has 1 rings (SSSR count). The maximum Gasteiger partial charge on any atom is 0.301 e. The van der Waals surface area contributed by atoms with Crippen molar-refractivity contribution in [1.29, 1.82) is 5.26 Å². The van der Waals surface area contributed by atoms with Gasteiger partial charge in [0.25, 0.3) is 5.69 Å². The second kappa shape index (κ2) is 6.79. The van der Waals surface area contributed by atoms with Crippen LogP contribution >= 0.6 is 0 Å². The van der Waals surface area contributed by atoms with E-state index >= 15 is 0 Å². The van der Waals surface area contributed by atoms with E-state index in [0.717, 1.165) is 12.1 Å². The summed E-state index contributed by atoms with van der Waals surface area (Å²) in [7, 11) is 0. The van der Waals surface area contributed by atoms with Gasteiger partial charge < -0.3 is 0 Å². The number of benzene rings is 1. The number of hydrogen-bond acceptors (Lipinski definition) is 7. The smallest absolute Gasteiger partial charge is 0.272 e. The molecule has 104 valence electrons. The van der Waals surface area contributed by atoms with Gasteiger partial charge in [0.1, 0.15) is 5.69 Å². The third-order valence-corrected chi connectivity index (χ3v) is 2.32. The second-order valence-corrected chi connectivity index (χ2v) is 3.95. The minimum atomic E-state index is -0.733. The first-order valence-electron chi connectivity index (χ1n) is 5.54. The van der Waals surface area contributed by atoms with Crippen LogP contribution in [0.2, 0.25) is 0 Å². The average Bonchev–Trinajstić information content (AvgIpc) is 2.38. The molecule has 1 aromatic carbocycles. The van der Waals surface area contributed by atoms with Crippen molar-refractivity contribution in [1.82, 2.24) is 0 Å². The molecule has 0 heterocycles. The number of hydrogen-bond donors (Lipinski definition) is 1. The number of anilines is 1. The van der Waals surface area contributed by atoms with Gasteiger partial charge >= 0.3 is 5.69 Å². The molecular weight excluding hydrogens is 266 g/mol. The predicted molar refractivity (Wildman–Crippen MR) is 71.3 cm³/mol. The van der Waals surface area contributed by atoms with Crippen molar-refractivity contribution in [3.05, 3.63) is 38.4 Å². The van der Waals surface area contributed by atoms with E-state index in [1.165, 1.54) is 12.3 Å². The van der Waals surface area contributed by atoms with Gasteiger partial charge in [-0.15, -0.1) is 0 Å². The van der Waals surface area contributed by atoms with Crippen molar-refractivity contribution >= 4 is 23.3 Å². The molecule has 1 aromatic rings. The Labute approximate surface area is 113 Å². The molecule has 1 atom stereocenters. The summed E-state index contributed by atoms with van der Waals surface area (Å²) < 4.78 is 0. The molecule has 0 saturated heterocycles. The van der Waals surface area contributed by atoms with E-state index in [1.54, 1.807) is 6.92 Å². The number of non-ortho nitro benzene ring substituents is 1. The fourth-order valence-electron chi connectivity index (χ4n) is 1.31. The van der Waals surface area contributed by atoms with Crippen LogP contribution in [0.3, 0.4) is 0 Å². The molecular formula is C11H11N5O4. The lowest BCUT2D eigenvalue weighted by Crippen LogP contribution is -2.01. The van der Waals surface area contributed by atoms with Crippen LogP contribution in [-0.2, 0) is 0 Å². The van der Waals surface area contributed by atoms with Crippen LogP contribution in [0.15, 0.2) is 23.3 Å². The monoisotopic (exact) mass is 277 g/mol. The first-order valence-corrected chi connectivity index (χ1v) is 5.54. The van der Waals surface area contributed by atoms with E-state index in [2.05, 4.69) is 10.5 Å². The molecule has 9 heteroatoms. The van der Waals surface area contributed by atoms with Crippen molar-refractivity contribution in [2.24, 2.45) is 11.0 Å². The molecule has 0 spiro atoms. The summed E-state index contributed by atoms with van der Waals surface area (Å²) in [5.41, 5.74) is 1.68. The van der Waals surface area contributed by atoms with Crippen LogP contribution < -0.4 is 5.43 Å². The molecule has 0 radical (unpaired) electrons. The summed E-state index contributed by atoms with van der Waals surface area (Å²) in [4.78, 5) is 20.0. The number of nitrogens with zero attached hydrogens (tertiary/aromatic N) is 4. The van der Waals surface area contributed by atoms with Gasteiger partial charge in [-0.1, -0.05) is 6.92 Å². The molecule has 0 aliphatic rings. The summed E-state index contributed by atoms with van der Waals surface area (Å²) in [6, 6.07) is 5.17. The fourth-order valence-corrected chi connectivity index (χ4v) is 1.31. The fraction of sp³-hybridized carbons (Fsp3) is 0.273. The van der Waals surface area contributed by atoms with Crippen molar-refractivity contribution < 1.29 is 9.85 Å². The Morgan fingerprint density at radius 1 is 1.45 bits per heavy atom. The molecule has 0 amide bonds. The number of rotatable bonds is 6. The van der Waals surface area contributed by atoms with E-state index in [1.807, 2.05) is 6.07 Å². The van der Waals surface area contributed by atoms with Gasteiger partial charge in [-0.2, -0.15) is 10.4 Å². The van der Waals surface area contributed by atoms with Crippen LogP contribution in [-0.4, -0.2) is 16.1 Å². The van der Waals surface area contributed by atoms with Crippen LogP contribution in [0.1, 0.15) is 13.3 Å². The average molecular weight is 277 g/mol. The van der Waals surface area contributed by atoms with Gasteiger partial charge in [0, 0.05) is 24.6 Å². The summed E-state index contributed by atoms with van der Waals surface area (Å²) in [5, 5.41) is 33.7. The van der Waals surface area contributed by atoms with Gasteiger partial charge in [-0.3, -0.25) is 25.7 Å². The second-order valence-electron chi connectivity index (χ2n) is 3.95. The lowest BCUT2D eigenvalue weighted by molar-refractivity contribution is -0.393. The molecule has 9 nitrogen and oxygen atoms in total. The van der Waals surface area contributed by atoms with Gasteiger partial charge in [0.15, 0.2) is 0 Å². The van der Waals surface area contributed by atoms with Crippen LogP contribution in [0.25, 0.3) is 0 Å². The van der Waals surface area contributed by atoms with E-state index in [-0.39, 0.29) is 23.7 Å². The molecule has 20 heavy (non-hydrogen) atoms. The summed E-state index contributed by atoms with van der Waals surface area (Å²) >= 11 is 0. The van der Waals surface area contributed by atoms with E-state index < -0.39 is 15.5 Å². The SMILES string of the molecule is CC(C=NNc1ccc([N+](=O)[O-])cc1[N+](=O)[O-])CC#N.